The van der Waals surface area contributed by atoms with Crippen molar-refractivity contribution in [2.75, 3.05) is 0 Å². The van der Waals surface area contributed by atoms with Gasteiger partial charge in [0.15, 0.2) is 0 Å². The molecule has 3 nitrogen and oxygen atoms in total. The standard InChI is InChI=1S/2Ca.H2O.2O/h;;1H2;;/q2*+2;;2*-2. The van der Waals surface area contributed by atoms with Crippen molar-refractivity contribution in [3.05, 3.63) is 0 Å². The Bertz CT molecular complexity index is 4.85. The van der Waals surface area contributed by atoms with Gasteiger partial charge in [-0.2, -0.15) is 0 Å². The molecule has 0 radical (unpaired) electrons. The summed E-state index contributed by atoms with van der Waals surface area (Å²) in [7, 11) is 0. The van der Waals surface area contributed by atoms with Crippen LogP contribution in [0.15, 0.2) is 0 Å². The fourth-order valence-corrected chi connectivity index (χ4v) is 0. The molecule has 0 aromatic rings. The van der Waals surface area contributed by atoms with Crippen molar-refractivity contribution in [1.29, 1.82) is 0 Å². The smallest absolute Gasteiger partial charge is 2.00 e. The summed E-state index contributed by atoms with van der Waals surface area (Å²) in [5.74, 6) is 0. The summed E-state index contributed by atoms with van der Waals surface area (Å²) in [6.07, 6.45) is 0. The van der Waals surface area contributed by atoms with Crippen LogP contribution in [0.5, 0.6) is 0 Å². The van der Waals surface area contributed by atoms with E-state index in [-0.39, 0.29) is 91.9 Å². The van der Waals surface area contributed by atoms with Gasteiger partial charge in [0.05, 0.1) is 0 Å². The van der Waals surface area contributed by atoms with E-state index in [4.69, 9.17) is 0 Å². The molecule has 0 aliphatic carbocycles. The van der Waals surface area contributed by atoms with Gasteiger partial charge in [0.1, 0.15) is 0 Å². The summed E-state index contributed by atoms with van der Waals surface area (Å²) in [6.45, 7) is 0. The first-order valence-corrected chi connectivity index (χ1v) is 0. The van der Waals surface area contributed by atoms with Crippen molar-refractivity contribution >= 4 is 75.5 Å². The average molecular weight is 130 g/mol. The van der Waals surface area contributed by atoms with E-state index in [1.165, 1.54) is 0 Å². The molecule has 0 unspecified atom stereocenters. The first kappa shape index (κ1) is 52.6. The summed E-state index contributed by atoms with van der Waals surface area (Å²) in [6, 6.07) is 0. The van der Waals surface area contributed by atoms with Crippen LogP contribution in [-0.2, 0) is 11.0 Å². The van der Waals surface area contributed by atoms with Crippen LogP contribution in [0.1, 0.15) is 0 Å². The Balaban J connectivity index is 0. The van der Waals surface area contributed by atoms with Gasteiger partial charge in [-0.15, -0.1) is 0 Å². The van der Waals surface area contributed by atoms with E-state index in [0.717, 1.165) is 0 Å². The van der Waals surface area contributed by atoms with Gasteiger partial charge in [-0.05, 0) is 0 Å². The molecule has 0 heterocycles. The maximum atomic E-state index is 0. The molecule has 5 heteroatoms. The zero-order valence-electron chi connectivity index (χ0n) is 2.73. The van der Waals surface area contributed by atoms with Crippen LogP contribution in [0.3, 0.4) is 0 Å². The monoisotopic (exact) mass is 130 g/mol. The molecule has 5 heavy (non-hydrogen) atoms. The van der Waals surface area contributed by atoms with Crippen LogP contribution in [0, 0.1) is 0 Å². The zero-order chi connectivity index (χ0) is 0. The van der Waals surface area contributed by atoms with Crippen LogP contribution in [0.25, 0.3) is 0 Å². The predicted octanol–water partition coefficient (Wildman–Crippen LogP) is -1.82. The average Bonchev–Trinajstić information content (AvgIpc) is 0. The normalized spacial score (nSPS) is 0. The SMILES string of the molecule is O.[Ca+2].[Ca+2].[O-2].[O-2]. The summed E-state index contributed by atoms with van der Waals surface area (Å²) in [5, 5.41) is 0. The van der Waals surface area contributed by atoms with E-state index < -0.39 is 0 Å². The van der Waals surface area contributed by atoms with E-state index >= 15 is 0 Å². The van der Waals surface area contributed by atoms with Gasteiger partial charge in [0, 0.05) is 0 Å². The minimum atomic E-state index is 0. The molecule has 0 fully saturated rings. The van der Waals surface area contributed by atoms with Crippen LogP contribution in [0.2, 0.25) is 0 Å². The molecule has 24 valence electrons. The largest absolute Gasteiger partial charge is 2.00 e. The Kier molecular flexibility index (Phi) is 341. The molecule has 0 saturated heterocycles. The van der Waals surface area contributed by atoms with Crippen LogP contribution in [0.4, 0.5) is 0 Å². The van der Waals surface area contributed by atoms with Crippen LogP contribution in [-0.4, -0.2) is 81.0 Å². The molecule has 0 aliphatic heterocycles. The van der Waals surface area contributed by atoms with Crippen molar-refractivity contribution in [3.8, 4) is 0 Å². The molecule has 0 atom stereocenters. The summed E-state index contributed by atoms with van der Waals surface area (Å²) in [4.78, 5) is 0. The van der Waals surface area contributed by atoms with Crippen molar-refractivity contribution < 1.29 is 16.4 Å². The second-order valence-corrected chi connectivity index (χ2v) is 0. The van der Waals surface area contributed by atoms with Crippen molar-refractivity contribution in [2.24, 2.45) is 0 Å². The van der Waals surface area contributed by atoms with Gasteiger partial charge >= 0.3 is 75.5 Å². The minimum Gasteiger partial charge on any atom is -2.00 e. The second kappa shape index (κ2) is 32.4. The Morgan fingerprint density at radius 2 is 0.600 bits per heavy atom. The third-order valence-electron chi connectivity index (χ3n) is 0. The van der Waals surface area contributed by atoms with Gasteiger partial charge < -0.3 is 16.4 Å². The minimum absolute atomic E-state index is 0. The molecular formula is H2Ca2O3. The summed E-state index contributed by atoms with van der Waals surface area (Å²) >= 11 is 0. The molecule has 0 bridgehead atoms. The van der Waals surface area contributed by atoms with E-state index in [0.29, 0.717) is 0 Å². The maximum absolute atomic E-state index is 0. The van der Waals surface area contributed by atoms with Gasteiger partial charge in [0.25, 0.3) is 0 Å². The van der Waals surface area contributed by atoms with Crippen molar-refractivity contribution in [2.45, 2.75) is 0 Å². The first-order chi connectivity index (χ1) is 0. The van der Waals surface area contributed by atoms with Crippen LogP contribution >= 0.6 is 0 Å². The zero-order valence-corrected chi connectivity index (χ0v) is 7.15. The van der Waals surface area contributed by atoms with E-state index in [2.05, 4.69) is 0 Å². The Labute approximate surface area is 90.0 Å². The van der Waals surface area contributed by atoms with Gasteiger partial charge in [-0.25, -0.2) is 0 Å². The first-order valence-electron chi connectivity index (χ1n) is 0. The number of rotatable bonds is 0. The topological polar surface area (TPSA) is 88.5 Å². The molecule has 2 N–H and O–H groups in total. The predicted molar refractivity (Wildman–Crippen MR) is 16.5 cm³/mol. The molecule has 0 spiro atoms. The summed E-state index contributed by atoms with van der Waals surface area (Å²) < 4.78 is 0. The third-order valence-corrected chi connectivity index (χ3v) is 0. The van der Waals surface area contributed by atoms with E-state index in [1.807, 2.05) is 0 Å². The van der Waals surface area contributed by atoms with Gasteiger partial charge in [-0.1, -0.05) is 0 Å². The second-order valence-electron chi connectivity index (χ2n) is 0. The van der Waals surface area contributed by atoms with E-state index in [1.54, 1.807) is 0 Å². The van der Waals surface area contributed by atoms with Gasteiger partial charge in [-0.3, -0.25) is 0 Å². The summed E-state index contributed by atoms with van der Waals surface area (Å²) in [5.41, 5.74) is 0. The van der Waals surface area contributed by atoms with Crippen molar-refractivity contribution in [3.63, 3.8) is 0 Å². The fourth-order valence-electron chi connectivity index (χ4n) is 0. The molecular weight excluding hydrogens is 128 g/mol. The van der Waals surface area contributed by atoms with E-state index in [9.17, 15) is 0 Å². The number of hydrogen-bond acceptors (Lipinski definition) is 0. The fraction of sp³-hybridized carbons (Fsp3) is 0. The molecule has 0 saturated carbocycles. The molecule has 0 aromatic heterocycles. The third kappa shape index (κ3) is 21.5. The Morgan fingerprint density at radius 1 is 0.600 bits per heavy atom. The Hall–Kier alpha value is 2.40. The quantitative estimate of drug-likeness (QED) is 0.345. The Morgan fingerprint density at radius 3 is 0.600 bits per heavy atom. The van der Waals surface area contributed by atoms with Gasteiger partial charge in [0.2, 0.25) is 0 Å². The number of hydrogen-bond donors (Lipinski definition) is 0. The van der Waals surface area contributed by atoms with Crippen molar-refractivity contribution in [1.82, 2.24) is 0 Å². The maximum Gasteiger partial charge on any atom is 2.00 e. The molecule has 0 amide bonds. The van der Waals surface area contributed by atoms with Crippen LogP contribution < -0.4 is 0 Å². The molecule has 0 rings (SSSR count). The molecule has 0 aromatic carbocycles. The molecule has 0 aliphatic rings.